The normalized spacial score (nSPS) is 23.6. The van der Waals surface area contributed by atoms with Gasteiger partial charge in [-0.1, -0.05) is 25.5 Å². The summed E-state index contributed by atoms with van der Waals surface area (Å²) in [6, 6.07) is -0.309. The molecular formula is C15H24N2O3. The fraction of sp³-hybridized carbons (Fsp3) is 0.733. The highest BCUT2D eigenvalue weighted by atomic mass is 16.5. The quantitative estimate of drug-likeness (QED) is 0.784. The third-order valence-electron chi connectivity index (χ3n) is 3.78. The molecule has 0 aliphatic carbocycles. The van der Waals surface area contributed by atoms with Crippen LogP contribution in [0.1, 0.15) is 33.1 Å². The molecule has 0 spiro atoms. The van der Waals surface area contributed by atoms with Crippen molar-refractivity contribution in [3.63, 3.8) is 0 Å². The van der Waals surface area contributed by atoms with Crippen LogP contribution in [0.4, 0.5) is 0 Å². The summed E-state index contributed by atoms with van der Waals surface area (Å²) in [7, 11) is 0. The molecule has 0 bridgehead atoms. The maximum atomic E-state index is 12.5. The Morgan fingerprint density at radius 3 is 3.00 bits per heavy atom. The first kappa shape index (κ1) is 15.0. The number of hydrogen-bond donors (Lipinski definition) is 1. The predicted molar refractivity (Wildman–Crippen MR) is 76.1 cm³/mol. The minimum absolute atomic E-state index is 0.0146. The second-order valence-corrected chi connectivity index (χ2v) is 5.89. The SMILES string of the molecule is CC(C)CC1C(=O)NCCN1C(=O)CC1=CCOCC1. The highest BCUT2D eigenvalue weighted by Crippen LogP contribution is 2.19. The molecule has 2 rings (SSSR count). The van der Waals surface area contributed by atoms with Crippen molar-refractivity contribution in [2.75, 3.05) is 26.3 Å². The average molecular weight is 280 g/mol. The number of amides is 2. The van der Waals surface area contributed by atoms with E-state index in [9.17, 15) is 9.59 Å². The lowest BCUT2D eigenvalue weighted by atomic mass is 9.98. The predicted octanol–water partition coefficient (Wildman–Crippen LogP) is 1.10. The molecule has 0 aromatic rings. The van der Waals surface area contributed by atoms with Crippen molar-refractivity contribution in [2.45, 2.75) is 39.2 Å². The molecule has 1 saturated heterocycles. The Kier molecular flexibility index (Phi) is 5.17. The highest BCUT2D eigenvalue weighted by molar-refractivity contribution is 5.89. The molecule has 1 fully saturated rings. The number of hydrogen-bond acceptors (Lipinski definition) is 3. The summed E-state index contributed by atoms with van der Waals surface area (Å²) in [5.41, 5.74) is 1.13. The maximum Gasteiger partial charge on any atom is 0.242 e. The van der Waals surface area contributed by atoms with Crippen molar-refractivity contribution in [1.82, 2.24) is 10.2 Å². The third kappa shape index (κ3) is 3.82. The largest absolute Gasteiger partial charge is 0.377 e. The fourth-order valence-electron chi connectivity index (χ4n) is 2.72. The molecular weight excluding hydrogens is 256 g/mol. The summed E-state index contributed by atoms with van der Waals surface area (Å²) in [5.74, 6) is 0.444. The van der Waals surface area contributed by atoms with E-state index in [1.165, 1.54) is 0 Å². The van der Waals surface area contributed by atoms with Gasteiger partial charge in [-0.3, -0.25) is 9.59 Å². The summed E-state index contributed by atoms with van der Waals surface area (Å²) in [5, 5.41) is 2.86. The van der Waals surface area contributed by atoms with Crippen molar-refractivity contribution in [2.24, 2.45) is 5.92 Å². The molecule has 5 nitrogen and oxygen atoms in total. The van der Waals surface area contributed by atoms with Gasteiger partial charge >= 0.3 is 0 Å². The minimum Gasteiger partial charge on any atom is -0.377 e. The van der Waals surface area contributed by atoms with E-state index in [4.69, 9.17) is 4.74 Å². The molecule has 2 aliphatic rings. The van der Waals surface area contributed by atoms with Gasteiger partial charge in [-0.25, -0.2) is 0 Å². The standard InChI is InChI=1S/C15H24N2O3/c1-11(2)9-13-15(19)16-5-6-17(13)14(18)10-12-3-7-20-8-4-12/h3,11,13H,4-10H2,1-2H3,(H,16,19). The van der Waals surface area contributed by atoms with Crippen LogP contribution in [0.25, 0.3) is 0 Å². The van der Waals surface area contributed by atoms with Crippen molar-refractivity contribution in [3.05, 3.63) is 11.6 Å². The molecule has 2 heterocycles. The minimum atomic E-state index is -0.309. The first-order valence-corrected chi connectivity index (χ1v) is 7.40. The van der Waals surface area contributed by atoms with E-state index in [-0.39, 0.29) is 17.9 Å². The van der Waals surface area contributed by atoms with Crippen molar-refractivity contribution in [3.8, 4) is 0 Å². The Labute approximate surface area is 120 Å². The van der Waals surface area contributed by atoms with E-state index < -0.39 is 0 Å². The van der Waals surface area contributed by atoms with E-state index in [1.807, 2.05) is 6.08 Å². The number of carbonyl (C=O) groups excluding carboxylic acids is 2. The number of nitrogens with one attached hydrogen (secondary N) is 1. The topological polar surface area (TPSA) is 58.6 Å². The van der Waals surface area contributed by atoms with Crippen LogP contribution in [0.2, 0.25) is 0 Å². The van der Waals surface area contributed by atoms with Gasteiger partial charge in [-0.15, -0.1) is 0 Å². The van der Waals surface area contributed by atoms with E-state index in [0.29, 0.717) is 38.6 Å². The van der Waals surface area contributed by atoms with Gasteiger partial charge in [0, 0.05) is 19.5 Å². The van der Waals surface area contributed by atoms with Gasteiger partial charge < -0.3 is 15.0 Å². The molecule has 0 aromatic carbocycles. The fourth-order valence-corrected chi connectivity index (χ4v) is 2.72. The zero-order valence-corrected chi connectivity index (χ0v) is 12.4. The summed E-state index contributed by atoms with van der Waals surface area (Å²) >= 11 is 0. The summed E-state index contributed by atoms with van der Waals surface area (Å²) in [6.45, 7) is 6.61. The van der Waals surface area contributed by atoms with Gasteiger partial charge in [0.1, 0.15) is 6.04 Å². The van der Waals surface area contributed by atoms with Gasteiger partial charge in [0.2, 0.25) is 11.8 Å². The Hall–Kier alpha value is -1.36. The molecule has 112 valence electrons. The molecule has 1 N–H and O–H groups in total. The van der Waals surface area contributed by atoms with Crippen LogP contribution < -0.4 is 5.32 Å². The van der Waals surface area contributed by atoms with E-state index in [1.54, 1.807) is 4.90 Å². The third-order valence-corrected chi connectivity index (χ3v) is 3.78. The lowest BCUT2D eigenvalue weighted by Gasteiger charge is -2.36. The molecule has 1 atom stereocenters. The second kappa shape index (κ2) is 6.88. The molecule has 0 saturated carbocycles. The van der Waals surface area contributed by atoms with Crippen LogP contribution in [-0.2, 0) is 14.3 Å². The highest BCUT2D eigenvalue weighted by Gasteiger charge is 2.33. The Balaban J connectivity index is 2.01. The number of carbonyl (C=O) groups is 2. The number of rotatable bonds is 4. The number of ether oxygens (including phenoxy) is 1. The van der Waals surface area contributed by atoms with Gasteiger partial charge in [0.15, 0.2) is 0 Å². The van der Waals surface area contributed by atoms with Crippen LogP contribution in [-0.4, -0.2) is 49.1 Å². The van der Waals surface area contributed by atoms with Gasteiger partial charge in [0.05, 0.1) is 13.2 Å². The van der Waals surface area contributed by atoms with Gasteiger partial charge in [-0.2, -0.15) is 0 Å². The maximum absolute atomic E-state index is 12.5. The summed E-state index contributed by atoms with van der Waals surface area (Å²) in [4.78, 5) is 26.2. The lowest BCUT2D eigenvalue weighted by Crippen LogP contribution is -2.57. The van der Waals surface area contributed by atoms with E-state index >= 15 is 0 Å². The Bertz CT molecular complexity index is 404. The van der Waals surface area contributed by atoms with Crippen molar-refractivity contribution < 1.29 is 14.3 Å². The second-order valence-electron chi connectivity index (χ2n) is 5.89. The monoisotopic (exact) mass is 280 g/mol. The zero-order chi connectivity index (χ0) is 14.5. The Morgan fingerprint density at radius 1 is 1.55 bits per heavy atom. The molecule has 2 aliphatic heterocycles. The first-order chi connectivity index (χ1) is 9.58. The molecule has 0 aromatic heterocycles. The van der Waals surface area contributed by atoms with Crippen LogP contribution in [0.5, 0.6) is 0 Å². The molecule has 0 radical (unpaired) electrons. The zero-order valence-electron chi connectivity index (χ0n) is 12.4. The molecule has 2 amide bonds. The van der Waals surface area contributed by atoms with Gasteiger partial charge in [-0.05, 0) is 18.8 Å². The number of piperazine rings is 1. The molecule has 20 heavy (non-hydrogen) atoms. The average Bonchev–Trinajstić information content (AvgIpc) is 2.41. The molecule has 5 heteroatoms. The van der Waals surface area contributed by atoms with Crippen LogP contribution >= 0.6 is 0 Å². The summed E-state index contributed by atoms with van der Waals surface area (Å²) < 4.78 is 5.25. The van der Waals surface area contributed by atoms with Crippen LogP contribution in [0.15, 0.2) is 11.6 Å². The number of nitrogens with zero attached hydrogens (tertiary/aromatic N) is 1. The lowest BCUT2D eigenvalue weighted by molar-refractivity contribution is -0.143. The van der Waals surface area contributed by atoms with E-state index in [0.717, 1.165) is 18.4 Å². The summed E-state index contributed by atoms with van der Waals surface area (Å²) in [6.07, 6.45) is 3.95. The smallest absolute Gasteiger partial charge is 0.242 e. The van der Waals surface area contributed by atoms with Crippen molar-refractivity contribution in [1.29, 1.82) is 0 Å². The first-order valence-electron chi connectivity index (χ1n) is 7.40. The van der Waals surface area contributed by atoms with Crippen molar-refractivity contribution >= 4 is 11.8 Å². The van der Waals surface area contributed by atoms with Crippen LogP contribution in [0.3, 0.4) is 0 Å². The Morgan fingerprint density at radius 2 is 2.35 bits per heavy atom. The van der Waals surface area contributed by atoms with E-state index in [2.05, 4.69) is 19.2 Å². The van der Waals surface area contributed by atoms with Gasteiger partial charge in [0.25, 0.3) is 0 Å². The molecule has 1 unspecified atom stereocenters. The van der Waals surface area contributed by atoms with Crippen LogP contribution in [0, 0.1) is 5.92 Å².